The van der Waals surface area contributed by atoms with Crippen LogP contribution in [0.15, 0.2) is 12.1 Å². The lowest BCUT2D eigenvalue weighted by molar-refractivity contribution is -0.440. The Morgan fingerprint density at radius 1 is 0.677 bits per heavy atom. The minimum atomic E-state index is -7.91. The lowest BCUT2D eigenvalue weighted by Gasteiger charge is -2.39. The van der Waals surface area contributed by atoms with Gasteiger partial charge in [0.05, 0.1) is 13.0 Å². The molecule has 0 unspecified atom stereocenters. The normalized spacial score (nSPS) is 14.7. The maximum absolute atomic E-state index is 13.7. The van der Waals surface area contributed by atoms with Crippen molar-refractivity contribution in [2.75, 3.05) is 12.3 Å². The summed E-state index contributed by atoms with van der Waals surface area (Å²) in [6.07, 6.45) is -9.86. The van der Waals surface area contributed by atoms with Crippen molar-refractivity contribution in [2.24, 2.45) is 0 Å². The molecule has 0 aliphatic carbocycles. The molecule has 2 nitrogen and oxygen atoms in total. The summed E-state index contributed by atoms with van der Waals surface area (Å²) >= 11 is 0. The van der Waals surface area contributed by atoms with E-state index < -0.39 is 48.8 Å². The Hall–Kier alpha value is -2.09. The third kappa shape index (κ3) is 4.31. The minimum absolute atomic E-state index is 0.187. The van der Waals surface area contributed by atoms with Crippen molar-refractivity contribution in [2.45, 2.75) is 56.1 Å². The van der Waals surface area contributed by atoms with Crippen LogP contribution in [0.25, 0.3) is 0 Å². The van der Waals surface area contributed by atoms with Crippen molar-refractivity contribution in [1.82, 2.24) is 0 Å². The van der Waals surface area contributed by atoms with Crippen LogP contribution in [0, 0.1) is 13.8 Å². The van der Waals surface area contributed by atoms with Crippen LogP contribution in [0.5, 0.6) is 5.75 Å². The first-order valence-electron chi connectivity index (χ1n) is 8.00. The van der Waals surface area contributed by atoms with Crippen LogP contribution in [-0.4, -0.2) is 42.4 Å². The van der Waals surface area contributed by atoms with Crippen molar-refractivity contribution < 1.29 is 61.8 Å². The molecule has 0 saturated carbocycles. The number of aryl methyl sites for hydroxylation is 2. The maximum atomic E-state index is 13.7. The number of alkyl halides is 13. The molecule has 0 amide bonds. The molecule has 0 spiro atoms. The number of hydrogen-bond acceptors (Lipinski definition) is 2. The first-order chi connectivity index (χ1) is 13.5. The van der Waals surface area contributed by atoms with Gasteiger partial charge in [-0.05, 0) is 37.1 Å². The number of benzene rings is 1. The number of anilines is 1. The molecular weight excluding hydrogens is 469 g/mol. The van der Waals surface area contributed by atoms with Crippen LogP contribution in [0.1, 0.15) is 17.5 Å². The largest absolute Gasteiger partial charge is 0.493 e. The van der Waals surface area contributed by atoms with Gasteiger partial charge in [0.2, 0.25) is 0 Å². The van der Waals surface area contributed by atoms with Crippen LogP contribution in [0.4, 0.5) is 62.8 Å². The molecule has 1 aromatic rings. The first-order valence-corrected chi connectivity index (χ1v) is 8.00. The van der Waals surface area contributed by atoms with Crippen LogP contribution in [0.3, 0.4) is 0 Å². The van der Waals surface area contributed by atoms with Crippen molar-refractivity contribution in [1.29, 1.82) is 0 Å². The molecule has 15 heteroatoms. The summed E-state index contributed by atoms with van der Waals surface area (Å²) in [6, 6.07) is 2.51. The van der Waals surface area contributed by atoms with E-state index in [1.165, 1.54) is 26.0 Å². The molecule has 0 radical (unpaired) electrons. The van der Waals surface area contributed by atoms with Gasteiger partial charge in [-0.1, -0.05) is 0 Å². The van der Waals surface area contributed by atoms with Crippen LogP contribution in [-0.2, 0) is 0 Å². The van der Waals surface area contributed by atoms with E-state index in [-0.39, 0.29) is 22.6 Å². The van der Waals surface area contributed by atoms with Crippen LogP contribution >= 0.6 is 0 Å². The predicted molar refractivity (Wildman–Crippen MR) is 81.2 cm³/mol. The molecule has 1 aromatic carbocycles. The molecule has 0 aliphatic heterocycles. The highest BCUT2D eigenvalue weighted by Gasteiger charge is 2.90. The van der Waals surface area contributed by atoms with E-state index in [4.69, 9.17) is 10.5 Å². The molecule has 1 rings (SSSR count). The first kappa shape index (κ1) is 26.9. The van der Waals surface area contributed by atoms with Gasteiger partial charge >= 0.3 is 35.8 Å². The maximum Gasteiger partial charge on any atom is 0.460 e. The second-order valence-electron chi connectivity index (χ2n) is 6.58. The Balaban J connectivity index is 3.17. The van der Waals surface area contributed by atoms with Crippen LogP contribution < -0.4 is 10.5 Å². The standard InChI is InChI=1S/C16H14F13NO/c1-7-5-9(30)6-8(2)10(7)31-4-3-11(17,18)12(19,20)13(21,22)14(23,24)15(25,26)16(27,28)29/h5-6H,3-4,30H2,1-2H3. The second-order valence-corrected chi connectivity index (χ2v) is 6.58. The minimum Gasteiger partial charge on any atom is -0.493 e. The number of halogens is 13. The fourth-order valence-electron chi connectivity index (χ4n) is 2.45. The van der Waals surface area contributed by atoms with Gasteiger partial charge in [0.15, 0.2) is 0 Å². The molecule has 0 bridgehead atoms. The van der Waals surface area contributed by atoms with Gasteiger partial charge < -0.3 is 10.5 Å². The highest BCUT2D eigenvalue weighted by atomic mass is 19.4. The van der Waals surface area contributed by atoms with E-state index >= 15 is 0 Å². The third-order valence-electron chi connectivity index (χ3n) is 4.14. The van der Waals surface area contributed by atoms with Crippen molar-refractivity contribution in [3.05, 3.63) is 23.3 Å². The number of hydrogen-bond donors (Lipinski definition) is 1. The Morgan fingerprint density at radius 3 is 1.45 bits per heavy atom. The van der Waals surface area contributed by atoms with E-state index in [0.717, 1.165) is 0 Å². The molecular formula is C16H14F13NO. The Labute approximate surface area is 166 Å². The predicted octanol–water partition coefficient (Wildman–Crippen LogP) is 6.39. The average molecular weight is 483 g/mol. The zero-order valence-electron chi connectivity index (χ0n) is 15.5. The quantitative estimate of drug-likeness (QED) is 0.344. The molecule has 180 valence electrons. The van der Waals surface area contributed by atoms with E-state index in [9.17, 15) is 57.1 Å². The fourth-order valence-corrected chi connectivity index (χ4v) is 2.45. The monoisotopic (exact) mass is 483 g/mol. The number of nitrogens with two attached hydrogens (primary N) is 1. The molecule has 0 saturated heterocycles. The van der Waals surface area contributed by atoms with Gasteiger partial charge in [-0.3, -0.25) is 0 Å². The molecule has 2 N–H and O–H groups in total. The van der Waals surface area contributed by atoms with Gasteiger partial charge in [-0.25, -0.2) is 0 Å². The van der Waals surface area contributed by atoms with E-state index in [1.54, 1.807) is 0 Å². The summed E-state index contributed by atoms with van der Waals surface area (Å²) in [5.74, 6) is -37.1. The van der Waals surface area contributed by atoms with Crippen molar-refractivity contribution in [3.8, 4) is 5.75 Å². The lowest BCUT2D eigenvalue weighted by Crippen LogP contribution is -2.70. The van der Waals surface area contributed by atoms with Gasteiger partial charge in [0, 0.05) is 5.69 Å². The average Bonchev–Trinajstić information content (AvgIpc) is 2.55. The molecule has 0 heterocycles. The molecule has 0 atom stereocenters. The summed E-state index contributed by atoms with van der Waals surface area (Å²) in [7, 11) is 0. The Bertz CT molecular complexity index is 778. The van der Waals surface area contributed by atoms with Gasteiger partial charge in [0.1, 0.15) is 5.75 Å². The second kappa shape index (κ2) is 7.80. The van der Waals surface area contributed by atoms with E-state index in [2.05, 4.69) is 0 Å². The van der Waals surface area contributed by atoms with Crippen molar-refractivity contribution >= 4 is 5.69 Å². The third-order valence-corrected chi connectivity index (χ3v) is 4.14. The molecule has 31 heavy (non-hydrogen) atoms. The zero-order chi connectivity index (χ0) is 24.8. The molecule has 0 fully saturated rings. The fraction of sp³-hybridized carbons (Fsp3) is 0.625. The highest BCUT2D eigenvalue weighted by molar-refractivity contribution is 5.52. The highest BCUT2D eigenvalue weighted by Crippen LogP contribution is 2.60. The molecule has 0 aliphatic rings. The smallest absolute Gasteiger partial charge is 0.460 e. The van der Waals surface area contributed by atoms with Gasteiger partial charge in [-0.2, -0.15) is 57.1 Å². The SMILES string of the molecule is Cc1cc(N)cc(C)c1OCCC(F)(F)C(F)(F)C(F)(F)C(F)(F)C(F)(F)C(F)(F)F. The van der Waals surface area contributed by atoms with Crippen LogP contribution in [0.2, 0.25) is 0 Å². The topological polar surface area (TPSA) is 35.2 Å². The summed E-state index contributed by atoms with van der Waals surface area (Å²) in [4.78, 5) is 0. The Morgan fingerprint density at radius 2 is 1.06 bits per heavy atom. The lowest BCUT2D eigenvalue weighted by atomic mass is 9.93. The zero-order valence-corrected chi connectivity index (χ0v) is 15.5. The number of nitrogen functional groups attached to an aromatic ring is 1. The molecule has 0 aromatic heterocycles. The number of rotatable bonds is 8. The Kier molecular flexibility index (Phi) is 6.78. The summed E-state index contributed by atoms with van der Waals surface area (Å²) < 4.78 is 174. The van der Waals surface area contributed by atoms with Crippen molar-refractivity contribution in [3.63, 3.8) is 0 Å². The summed E-state index contributed by atoms with van der Waals surface area (Å²) in [5.41, 5.74) is 6.03. The summed E-state index contributed by atoms with van der Waals surface area (Å²) in [5, 5.41) is 0. The van der Waals surface area contributed by atoms with Gasteiger partial charge in [-0.15, -0.1) is 0 Å². The van der Waals surface area contributed by atoms with E-state index in [0.29, 0.717) is 0 Å². The van der Waals surface area contributed by atoms with Gasteiger partial charge in [0.25, 0.3) is 0 Å². The summed E-state index contributed by atoms with van der Waals surface area (Å²) in [6.45, 7) is 1.16. The number of ether oxygens (including phenoxy) is 1. The van der Waals surface area contributed by atoms with E-state index in [1.807, 2.05) is 0 Å².